The molecule has 3 fully saturated rings. The molecule has 57 heavy (non-hydrogen) atoms. The maximum atomic E-state index is 14.0. The zero-order chi connectivity index (χ0) is 39.2. The van der Waals surface area contributed by atoms with E-state index >= 15 is 0 Å². The van der Waals surface area contributed by atoms with Gasteiger partial charge in [0.1, 0.15) is 8.07 Å². The zero-order valence-corrected chi connectivity index (χ0v) is 32.6. The number of benzene rings is 3. The molecule has 10 rings (SSSR count). The predicted octanol–water partition coefficient (Wildman–Crippen LogP) is 2.31. The van der Waals surface area contributed by atoms with Crippen molar-refractivity contribution in [3.8, 4) is 0 Å². The molecule has 3 aromatic carbocycles. The number of nitrogens with two attached hydrogens (primary N) is 1. The second kappa shape index (κ2) is 13.3. The van der Waals surface area contributed by atoms with Gasteiger partial charge in [-0.1, -0.05) is 55.7 Å². The number of carbonyl (C=O) groups is 6. The molecule has 2 spiro atoms. The smallest absolute Gasteiger partial charge is 0.340 e. The number of esters is 1. The highest BCUT2D eigenvalue weighted by Gasteiger charge is 2.58. The Kier molecular flexibility index (Phi) is 8.36. The maximum absolute atomic E-state index is 14.0. The Morgan fingerprint density at radius 3 is 1.56 bits per heavy atom. The molecule has 3 saturated heterocycles. The van der Waals surface area contributed by atoms with Crippen LogP contribution in [0.4, 0.5) is 0 Å². The fourth-order valence-corrected chi connectivity index (χ4v) is 16.3. The first-order valence-electron chi connectivity index (χ1n) is 20.1. The molecule has 0 radical (unpaired) electrons. The Hall–Kier alpha value is -5.50. The van der Waals surface area contributed by atoms with Gasteiger partial charge >= 0.3 is 5.97 Å². The van der Waals surface area contributed by atoms with Gasteiger partial charge in [-0.15, -0.1) is 0 Å². The predicted molar refractivity (Wildman–Crippen MR) is 211 cm³/mol. The van der Waals surface area contributed by atoms with Crippen LogP contribution in [0.15, 0.2) is 78.9 Å². The van der Waals surface area contributed by atoms with Crippen LogP contribution in [0.2, 0.25) is 12.1 Å². The zero-order valence-electron chi connectivity index (χ0n) is 31.6. The van der Waals surface area contributed by atoms with E-state index in [1.165, 1.54) is 34.1 Å². The Bertz CT molecular complexity index is 2220. The van der Waals surface area contributed by atoms with Crippen LogP contribution >= 0.6 is 0 Å². The monoisotopic (exact) mass is 781 g/mol. The number of primary amides is 1. The molecule has 7 heterocycles. The topological polar surface area (TPSA) is 151 Å². The van der Waals surface area contributed by atoms with Gasteiger partial charge in [-0.2, -0.15) is 0 Å². The summed E-state index contributed by atoms with van der Waals surface area (Å²) in [5.41, 5.74) is 9.42. The third kappa shape index (κ3) is 5.39. The summed E-state index contributed by atoms with van der Waals surface area (Å²) in [6.07, 6.45) is 10.6. The average Bonchev–Trinajstić information content (AvgIpc) is 3.79. The van der Waals surface area contributed by atoms with Gasteiger partial charge in [0.15, 0.2) is 5.60 Å². The molecule has 0 aliphatic carbocycles. The van der Waals surface area contributed by atoms with Crippen molar-refractivity contribution in [1.82, 2.24) is 19.6 Å². The number of rotatable bonds is 9. The number of nitrogens with zero attached hydrogens (tertiary/aromatic N) is 4. The van der Waals surface area contributed by atoms with E-state index in [2.05, 4.69) is 34.1 Å². The molecular formula is C44H43N5O7Si. The minimum Gasteiger partial charge on any atom is -0.441 e. The number of carbonyl (C=O) groups excluding carboxylic acids is 6. The highest BCUT2D eigenvalue weighted by Crippen LogP contribution is 2.51. The van der Waals surface area contributed by atoms with E-state index in [4.69, 9.17) is 10.5 Å². The van der Waals surface area contributed by atoms with Gasteiger partial charge < -0.3 is 10.5 Å². The van der Waals surface area contributed by atoms with Crippen molar-refractivity contribution in [2.24, 2.45) is 5.73 Å². The van der Waals surface area contributed by atoms with E-state index in [1.807, 2.05) is 12.1 Å². The van der Waals surface area contributed by atoms with Gasteiger partial charge in [-0.05, 0) is 64.6 Å². The van der Waals surface area contributed by atoms with Gasteiger partial charge in [-0.3, -0.25) is 43.6 Å². The number of likely N-dealkylation sites (tertiary alicyclic amines) is 2. The molecule has 13 heteroatoms. The van der Waals surface area contributed by atoms with Crippen molar-refractivity contribution >= 4 is 54.0 Å². The van der Waals surface area contributed by atoms with Crippen LogP contribution in [-0.4, -0.2) is 102 Å². The van der Waals surface area contributed by atoms with Crippen molar-refractivity contribution in [3.05, 3.63) is 118 Å². The minimum absolute atomic E-state index is 0.273. The lowest BCUT2D eigenvalue weighted by Crippen LogP contribution is -2.67. The van der Waals surface area contributed by atoms with Gasteiger partial charge in [0, 0.05) is 85.6 Å². The maximum Gasteiger partial charge on any atom is 0.340 e. The quantitative estimate of drug-likeness (QED) is 0.196. The lowest BCUT2D eigenvalue weighted by atomic mass is 9.78. The van der Waals surface area contributed by atoms with Crippen LogP contribution in [0.1, 0.15) is 80.6 Å². The van der Waals surface area contributed by atoms with E-state index in [0.717, 1.165) is 103 Å². The van der Waals surface area contributed by atoms with Crippen LogP contribution in [0.25, 0.3) is 0 Å². The van der Waals surface area contributed by atoms with E-state index in [9.17, 15) is 28.8 Å². The van der Waals surface area contributed by atoms with Crippen molar-refractivity contribution in [2.45, 2.75) is 75.0 Å². The van der Waals surface area contributed by atoms with Crippen LogP contribution < -0.4 is 16.1 Å². The van der Waals surface area contributed by atoms with Crippen molar-refractivity contribution in [3.63, 3.8) is 0 Å². The fraction of sp³-hybridized carbons (Fsp3) is 0.364. The molecule has 0 saturated carbocycles. The molecule has 3 aromatic rings. The van der Waals surface area contributed by atoms with E-state index in [1.54, 1.807) is 18.2 Å². The molecule has 2 atom stereocenters. The molecule has 2 N–H and O–H groups in total. The number of fused-ring (bicyclic) bond motifs is 8. The molecule has 7 aliphatic rings. The summed E-state index contributed by atoms with van der Waals surface area (Å²) in [4.78, 5) is 85.9. The SMILES string of the molecule is NC(=O)c1ccc2c(c1)C1(OC2=O)c2ccc(CC(N3CCC3)N3C(=O)C=CC3=O)cc2[Si]2(CCCCC2)c2cc(CC(N3CCC3)N3C(=O)C=CC3=O)ccc21. The molecule has 2 unspecified atom stereocenters. The molecule has 0 bridgehead atoms. The fourth-order valence-electron chi connectivity index (χ4n) is 10.5. The number of ether oxygens (including phenoxy) is 1. The van der Waals surface area contributed by atoms with Gasteiger partial charge in [0.2, 0.25) is 5.91 Å². The first kappa shape index (κ1) is 35.9. The Balaban J connectivity index is 1.16. The lowest BCUT2D eigenvalue weighted by molar-refractivity contribution is -0.147. The van der Waals surface area contributed by atoms with Crippen molar-refractivity contribution in [2.75, 3.05) is 26.2 Å². The summed E-state index contributed by atoms with van der Waals surface area (Å²) in [7, 11) is -2.64. The van der Waals surface area contributed by atoms with Gasteiger partial charge in [0.05, 0.1) is 17.9 Å². The van der Waals surface area contributed by atoms with E-state index < -0.39 is 37.9 Å². The number of imide groups is 2. The van der Waals surface area contributed by atoms with E-state index in [-0.39, 0.29) is 29.2 Å². The molecule has 7 aliphatic heterocycles. The summed E-state index contributed by atoms with van der Waals surface area (Å²) in [6, 6.07) is 19.6. The average molecular weight is 782 g/mol. The summed E-state index contributed by atoms with van der Waals surface area (Å²) in [6.45, 7) is 3.18. The molecule has 5 amide bonds. The minimum atomic E-state index is -2.64. The molecular weight excluding hydrogens is 739 g/mol. The Morgan fingerprint density at radius 1 is 0.632 bits per heavy atom. The van der Waals surface area contributed by atoms with Crippen LogP contribution in [0.5, 0.6) is 0 Å². The normalized spacial score (nSPS) is 24.4. The van der Waals surface area contributed by atoms with E-state index in [0.29, 0.717) is 24.0 Å². The Morgan fingerprint density at radius 2 is 1.12 bits per heavy atom. The third-order valence-corrected chi connectivity index (χ3v) is 18.9. The molecule has 12 nitrogen and oxygen atoms in total. The highest BCUT2D eigenvalue weighted by molar-refractivity contribution is 7.03. The summed E-state index contributed by atoms with van der Waals surface area (Å²) >= 11 is 0. The first-order chi connectivity index (χ1) is 27.6. The van der Waals surface area contributed by atoms with Crippen LogP contribution in [0, 0.1) is 0 Å². The number of hydrogen-bond acceptors (Lipinski definition) is 9. The second-order valence-electron chi connectivity index (χ2n) is 16.5. The van der Waals surface area contributed by atoms with Crippen molar-refractivity contribution < 1.29 is 33.5 Å². The second-order valence-corrected chi connectivity index (χ2v) is 20.7. The standard InChI is InChI=1S/C44H43N5O7Si/c45-42(54)29-8-9-30-33(26-29)44(56-43(30)55)31-10-6-27(24-36(46-16-4-17-46)48-38(50)12-13-39(48)51)22-34(31)57(20-2-1-3-21-57)35-23-28(7-11-32(35)44)25-37(47-18-5-19-47)49-40(52)14-15-41(49)53/h6-15,22-23,26,36-37H,1-5,16-21,24-25H2,(H2,45,54). The van der Waals surface area contributed by atoms with Crippen LogP contribution in [0.3, 0.4) is 0 Å². The molecule has 0 aromatic heterocycles. The number of hydrogen-bond donors (Lipinski definition) is 1. The summed E-state index contributed by atoms with van der Waals surface area (Å²) < 4.78 is 6.68. The van der Waals surface area contributed by atoms with Gasteiger partial charge in [0.25, 0.3) is 23.6 Å². The third-order valence-electron chi connectivity index (χ3n) is 13.6. The van der Waals surface area contributed by atoms with Crippen molar-refractivity contribution in [1.29, 1.82) is 0 Å². The largest absolute Gasteiger partial charge is 0.441 e. The summed E-state index contributed by atoms with van der Waals surface area (Å²) in [5.74, 6) is -2.33. The van der Waals surface area contributed by atoms with Crippen LogP contribution in [-0.2, 0) is 42.4 Å². The lowest BCUT2D eigenvalue weighted by Gasteiger charge is -2.49. The van der Waals surface area contributed by atoms with Gasteiger partial charge in [-0.25, -0.2) is 4.79 Å². The first-order valence-corrected chi connectivity index (χ1v) is 22.5. The molecule has 290 valence electrons. The summed E-state index contributed by atoms with van der Waals surface area (Å²) in [5, 5.41) is 2.31. The highest BCUT2D eigenvalue weighted by atomic mass is 28.3. The Labute approximate surface area is 330 Å². The number of amides is 5.